The molecule has 0 radical (unpaired) electrons. The van der Waals surface area contributed by atoms with Gasteiger partial charge in [0.05, 0.1) is 24.5 Å². The van der Waals surface area contributed by atoms with Crippen molar-refractivity contribution in [2.24, 2.45) is 0 Å². The van der Waals surface area contributed by atoms with Gasteiger partial charge < -0.3 is 14.2 Å². The summed E-state index contributed by atoms with van der Waals surface area (Å²) in [6.07, 6.45) is -0.470. The number of rotatable bonds is 3. The highest BCUT2D eigenvalue weighted by molar-refractivity contribution is 6.32. The number of ether oxygens (including phenoxy) is 3. The van der Waals surface area contributed by atoms with Crippen LogP contribution in [0.4, 0.5) is 5.69 Å². The summed E-state index contributed by atoms with van der Waals surface area (Å²) in [6, 6.07) is 2.50. The minimum atomic E-state index is -0.605. The number of nitro groups is 1. The van der Waals surface area contributed by atoms with Crippen LogP contribution in [0.1, 0.15) is 6.42 Å². The lowest BCUT2D eigenvalue weighted by Gasteiger charge is -2.25. The lowest BCUT2D eigenvalue weighted by molar-refractivity contribution is -0.384. The number of carbonyl (C=O) groups is 1. The van der Waals surface area contributed by atoms with E-state index in [0.717, 1.165) is 0 Å². The van der Waals surface area contributed by atoms with Crippen LogP contribution >= 0.6 is 11.6 Å². The molecule has 1 unspecified atom stereocenters. The quantitative estimate of drug-likeness (QED) is 0.480. The number of fused-ring (bicyclic) bond motifs is 1. The maximum atomic E-state index is 11.1. The molecule has 0 saturated heterocycles. The van der Waals surface area contributed by atoms with Crippen molar-refractivity contribution in [1.29, 1.82) is 0 Å². The lowest BCUT2D eigenvalue weighted by Crippen LogP contribution is -2.31. The molecule has 1 aromatic carbocycles. The molecule has 2 rings (SSSR count). The first-order valence-electron chi connectivity index (χ1n) is 5.35. The van der Waals surface area contributed by atoms with Gasteiger partial charge in [0, 0.05) is 6.07 Å². The van der Waals surface area contributed by atoms with Crippen molar-refractivity contribution < 1.29 is 23.9 Å². The monoisotopic (exact) mass is 287 g/mol. The zero-order valence-corrected chi connectivity index (χ0v) is 10.7. The maximum absolute atomic E-state index is 11.1. The van der Waals surface area contributed by atoms with Crippen LogP contribution in [-0.2, 0) is 9.53 Å². The molecule has 102 valence electrons. The molecule has 0 fully saturated rings. The van der Waals surface area contributed by atoms with Gasteiger partial charge in [0.2, 0.25) is 0 Å². The molecular weight excluding hydrogens is 278 g/mol. The van der Waals surface area contributed by atoms with Gasteiger partial charge in [-0.15, -0.1) is 0 Å². The second-order valence-electron chi connectivity index (χ2n) is 3.84. The van der Waals surface area contributed by atoms with Gasteiger partial charge in [-0.05, 0) is 0 Å². The van der Waals surface area contributed by atoms with Crippen LogP contribution in [0.3, 0.4) is 0 Å². The fraction of sp³-hybridized carbons (Fsp3) is 0.364. The molecule has 1 heterocycles. The van der Waals surface area contributed by atoms with Gasteiger partial charge in [-0.25, -0.2) is 0 Å². The summed E-state index contributed by atoms with van der Waals surface area (Å²) in [5, 5.41) is 10.7. The number of hydrogen-bond donors (Lipinski definition) is 0. The Balaban J connectivity index is 2.20. The van der Waals surface area contributed by atoms with E-state index in [0.29, 0.717) is 0 Å². The van der Waals surface area contributed by atoms with E-state index in [2.05, 4.69) is 4.74 Å². The average Bonchev–Trinajstić information content (AvgIpc) is 2.37. The highest BCUT2D eigenvalue weighted by atomic mass is 35.5. The first kappa shape index (κ1) is 13.4. The van der Waals surface area contributed by atoms with Crippen LogP contribution in [0, 0.1) is 10.1 Å². The Morgan fingerprint density at radius 3 is 2.95 bits per heavy atom. The van der Waals surface area contributed by atoms with Crippen molar-refractivity contribution in [3.05, 3.63) is 27.3 Å². The van der Waals surface area contributed by atoms with E-state index in [-0.39, 0.29) is 35.2 Å². The Morgan fingerprint density at radius 1 is 1.58 bits per heavy atom. The van der Waals surface area contributed by atoms with E-state index >= 15 is 0 Å². The first-order valence-corrected chi connectivity index (χ1v) is 5.73. The van der Waals surface area contributed by atoms with Crippen molar-refractivity contribution in [3.63, 3.8) is 0 Å². The lowest BCUT2D eigenvalue weighted by atomic mass is 10.2. The Kier molecular flexibility index (Phi) is 3.75. The van der Waals surface area contributed by atoms with E-state index in [1.807, 2.05) is 0 Å². The Bertz CT molecular complexity index is 532. The molecule has 8 heteroatoms. The van der Waals surface area contributed by atoms with Gasteiger partial charge in [-0.1, -0.05) is 11.6 Å². The molecule has 1 aromatic rings. The van der Waals surface area contributed by atoms with E-state index in [9.17, 15) is 14.9 Å². The molecule has 0 bridgehead atoms. The second kappa shape index (κ2) is 5.31. The van der Waals surface area contributed by atoms with Crippen molar-refractivity contribution in [2.75, 3.05) is 13.7 Å². The van der Waals surface area contributed by atoms with Crippen molar-refractivity contribution in [1.82, 2.24) is 0 Å². The molecule has 0 aromatic heterocycles. The van der Waals surface area contributed by atoms with E-state index in [1.165, 1.54) is 19.2 Å². The van der Waals surface area contributed by atoms with E-state index in [1.54, 1.807) is 0 Å². The van der Waals surface area contributed by atoms with Gasteiger partial charge in [0.1, 0.15) is 17.7 Å². The topological polar surface area (TPSA) is 87.9 Å². The summed E-state index contributed by atoms with van der Waals surface area (Å²) in [5.74, 6) is 0.0815. The summed E-state index contributed by atoms with van der Waals surface area (Å²) >= 11 is 5.77. The van der Waals surface area contributed by atoms with Crippen LogP contribution in [0.25, 0.3) is 0 Å². The number of benzene rings is 1. The van der Waals surface area contributed by atoms with Crippen molar-refractivity contribution in [2.45, 2.75) is 12.5 Å². The summed E-state index contributed by atoms with van der Waals surface area (Å²) in [4.78, 5) is 21.2. The number of nitrogens with zero attached hydrogens (tertiary/aromatic N) is 1. The summed E-state index contributed by atoms with van der Waals surface area (Å²) in [5.41, 5.74) is -0.254. The Labute approximate surface area is 113 Å². The van der Waals surface area contributed by atoms with Crippen LogP contribution in [0.5, 0.6) is 11.5 Å². The predicted molar refractivity (Wildman–Crippen MR) is 64.7 cm³/mol. The standard InChI is InChI=1S/C11H10ClNO6/c1-17-11(14)2-6-5-18-9-4-8(13(15)16)7(12)3-10(9)19-6/h3-4,6H,2,5H2,1H3. The van der Waals surface area contributed by atoms with Crippen LogP contribution in [0.2, 0.25) is 5.02 Å². The highest BCUT2D eigenvalue weighted by Crippen LogP contribution is 2.40. The minimum absolute atomic E-state index is 0.0323. The molecule has 0 amide bonds. The molecule has 1 aliphatic heterocycles. The number of hydrogen-bond acceptors (Lipinski definition) is 6. The summed E-state index contributed by atoms with van der Waals surface area (Å²) in [7, 11) is 1.28. The van der Waals surface area contributed by atoms with Gasteiger partial charge in [-0.2, -0.15) is 0 Å². The van der Waals surface area contributed by atoms with Gasteiger partial charge in [0.15, 0.2) is 11.5 Å². The zero-order valence-electron chi connectivity index (χ0n) is 9.92. The normalized spacial score (nSPS) is 16.8. The molecule has 1 atom stereocenters. The molecular formula is C11H10ClNO6. The number of carbonyl (C=O) groups excluding carboxylic acids is 1. The molecule has 0 spiro atoms. The minimum Gasteiger partial charge on any atom is -0.486 e. The van der Waals surface area contributed by atoms with Crippen molar-refractivity contribution >= 4 is 23.3 Å². The maximum Gasteiger partial charge on any atom is 0.309 e. The zero-order chi connectivity index (χ0) is 14.0. The molecule has 7 nitrogen and oxygen atoms in total. The average molecular weight is 288 g/mol. The largest absolute Gasteiger partial charge is 0.486 e. The number of halogens is 1. The van der Waals surface area contributed by atoms with Gasteiger partial charge in [0.25, 0.3) is 5.69 Å². The van der Waals surface area contributed by atoms with E-state index in [4.69, 9.17) is 21.1 Å². The van der Waals surface area contributed by atoms with Crippen molar-refractivity contribution in [3.8, 4) is 11.5 Å². The number of esters is 1. The fourth-order valence-corrected chi connectivity index (χ4v) is 1.86. The third-order valence-corrected chi connectivity index (χ3v) is 2.85. The Hall–Kier alpha value is -2.02. The van der Waals surface area contributed by atoms with Gasteiger partial charge in [-0.3, -0.25) is 14.9 Å². The number of methoxy groups -OCH3 is 1. The summed E-state index contributed by atoms with van der Waals surface area (Å²) in [6.45, 7) is 0.112. The fourth-order valence-electron chi connectivity index (χ4n) is 1.64. The smallest absolute Gasteiger partial charge is 0.309 e. The molecule has 19 heavy (non-hydrogen) atoms. The molecule has 0 N–H and O–H groups in total. The third kappa shape index (κ3) is 2.87. The SMILES string of the molecule is COC(=O)CC1COc2cc([N+](=O)[O-])c(Cl)cc2O1. The second-order valence-corrected chi connectivity index (χ2v) is 4.25. The molecule has 0 saturated carbocycles. The third-order valence-electron chi connectivity index (χ3n) is 2.55. The Morgan fingerprint density at radius 2 is 2.32 bits per heavy atom. The van der Waals surface area contributed by atoms with Gasteiger partial charge >= 0.3 is 5.97 Å². The first-order chi connectivity index (χ1) is 9.01. The van der Waals surface area contributed by atoms with Crippen LogP contribution in [-0.4, -0.2) is 30.7 Å². The molecule has 1 aliphatic rings. The molecule has 0 aliphatic carbocycles. The highest BCUT2D eigenvalue weighted by Gasteiger charge is 2.27. The van der Waals surface area contributed by atoms with Crippen LogP contribution in [0.15, 0.2) is 12.1 Å². The summed E-state index contributed by atoms with van der Waals surface area (Å²) < 4.78 is 15.3. The van der Waals surface area contributed by atoms with E-state index < -0.39 is 17.0 Å². The number of nitro benzene ring substituents is 1. The van der Waals surface area contributed by atoms with Crippen LogP contribution < -0.4 is 9.47 Å². The predicted octanol–water partition coefficient (Wildman–Crippen LogP) is 1.95.